The van der Waals surface area contributed by atoms with Crippen molar-refractivity contribution in [1.29, 1.82) is 0 Å². The number of carbonyl (C=O) groups excluding carboxylic acids is 1. The number of aromatic carboxylic acids is 1. The van der Waals surface area contributed by atoms with E-state index in [9.17, 15) is 14.7 Å². The maximum Gasteiger partial charge on any atom is 0.337 e. The second-order valence-electron chi connectivity index (χ2n) is 6.68. The Balaban J connectivity index is 1.64. The largest absolute Gasteiger partial charge is 0.484 e. The van der Waals surface area contributed by atoms with Crippen LogP contribution in [0.3, 0.4) is 0 Å². The zero-order valence-electron chi connectivity index (χ0n) is 16.0. The number of anilines is 1. The molecule has 0 saturated carbocycles. The molecule has 3 rings (SSSR count). The van der Waals surface area contributed by atoms with Gasteiger partial charge in [-0.15, -0.1) is 0 Å². The number of hydrogen-bond acceptors (Lipinski definition) is 3. The lowest BCUT2D eigenvalue weighted by Crippen LogP contribution is -2.22. The first-order valence-electron chi connectivity index (χ1n) is 8.96. The van der Waals surface area contributed by atoms with E-state index in [0.29, 0.717) is 16.3 Å². The Morgan fingerprint density at radius 2 is 1.55 bits per heavy atom. The smallest absolute Gasteiger partial charge is 0.337 e. The molecule has 0 fully saturated rings. The van der Waals surface area contributed by atoms with Crippen LogP contribution in [0.1, 0.15) is 21.5 Å². The lowest BCUT2D eigenvalue weighted by Gasteiger charge is -2.13. The van der Waals surface area contributed by atoms with Crippen molar-refractivity contribution in [3.05, 3.63) is 82.4 Å². The lowest BCUT2D eigenvalue weighted by atomic mass is 10.0. The van der Waals surface area contributed by atoms with Crippen LogP contribution in [0.15, 0.2) is 60.7 Å². The Bertz CT molecular complexity index is 1040. The molecule has 2 N–H and O–H groups in total. The predicted molar refractivity (Wildman–Crippen MR) is 114 cm³/mol. The number of ether oxygens (including phenoxy) is 1. The van der Waals surface area contributed by atoms with Gasteiger partial charge in [0.2, 0.25) is 0 Å². The molecule has 0 atom stereocenters. The van der Waals surface area contributed by atoms with Crippen molar-refractivity contribution < 1.29 is 19.4 Å². The highest BCUT2D eigenvalue weighted by atomic mass is 35.5. The van der Waals surface area contributed by atoms with Crippen LogP contribution in [-0.4, -0.2) is 23.6 Å². The number of rotatable bonds is 6. The molecule has 0 heterocycles. The fourth-order valence-electron chi connectivity index (χ4n) is 2.89. The Morgan fingerprint density at radius 1 is 0.966 bits per heavy atom. The Kier molecular flexibility index (Phi) is 6.20. The van der Waals surface area contributed by atoms with Crippen LogP contribution in [0.2, 0.25) is 5.02 Å². The van der Waals surface area contributed by atoms with Gasteiger partial charge in [-0.2, -0.15) is 0 Å². The van der Waals surface area contributed by atoms with Gasteiger partial charge in [-0.1, -0.05) is 53.6 Å². The highest BCUT2D eigenvalue weighted by Gasteiger charge is 2.16. The SMILES string of the molecule is Cc1ccc(-c2ccc(OCC(=O)Nc3c(C)cc(Cl)cc3C(=O)O)cc2)cc1. The van der Waals surface area contributed by atoms with Crippen molar-refractivity contribution in [3.63, 3.8) is 0 Å². The lowest BCUT2D eigenvalue weighted by molar-refractivity contribution is -0.118. The van der Waals surface area contributed by atoms with E-state index in [1.807, 2.05) is 43.3 Å². The van der Waals surface area contributed by atoms with Gasteiger partial charge in [0.25, 0.3) is 5.91 Å². The average molecular weight is 410 g/mol. The zero-order chi connectivity index (χ0) is 21.0. The summed E-state index contributed by atoms with van der Waals surface area (Å²) < 4.78 is 5.53. The number of amides is 1. The third kappa shape index (κ3) is 5.15. The summed E-state index contributed by atoms with van der Waals surface area (Å²) >= 11 is 5.91. The van der Waals surface area contributed by atoms with Crippen molar-refractivity contribution in [2.45, 2.75) is 13.8 Å². The normalized spacial score (nSPS) is 10.4. The molecule has 0 aliphatic carbocycles. The van der Waals surface area contributed by atoms with E-state index in [2.05, 4.69) is 5.32 Å². The molecule has 3 aromatic carbocycles. The molecule has 0 spiro atoms. The summed E-state index contributed by atoms with van der Waals surface area (Å²) in [6.45, 7) is 3.47. The molecule has 3 aromatic rings. The van der Waals surface area contributed by atoms with Gasteiger partial charge in [0.1, 0.15) is 5.75 Å². The molecule has 0 radical (unpaired) electrons. The van der Waals surface area contributed by atoms with E-state index in [1.54, 1.807) is 25.1 Å². The maximum atomic E-state index is 12.3. The van der Waals surface area contributed by atoms with Gasteiger partial charge in [-0.25, -0.2) is 4.79 Å². The van der Waals surface area contributed by atoms with Crippen LogP contribution in [-0.2, 0) is 4.79 Å². The summed E-state index contributed by atoms with van der Waals surface area (Å²) in [6.07, 6.45) is 0. The topological polar surface area (TPSA) is 75.6 Å². The average Bonchev–Trinajstić information content (AvgIpc) is 2.69. The predicted octanol–water partition coefficient (Wildman–Crippen LogP) is 5.34. The number of hydrogen-bond donors (Lipinski definition) is 2. The number of carbonyl (C=O) groups is 2. The molecule has 0 aliphatic heterocycles. The number of carboxylic acid groups (broad SMARTS) is 1. The van der Waals surface area contributed by atoms with Gasteiger partial charge in [0, 0.05) is 5.02 Å². The standard InChI is InChI=1S/C23H20ClNO4/c1-14-3-5-16(6-4-14)17-7-9-19(10-8-17)29-13-21(26)25-22-15(2)11-18(24)12-20(22)23(27)28/h3-12H,13H2,1-2H3,(H,25,26)(H,27,28). The van der Waals surface area contributed by atoms with Crippen LogP contribution in [0.25, 0.3) is 11.1 Å². The molecular formula is C23H20ClNO4. The van der Waals surface area contributed by atoms with Gasteiger partial charge in [0.15, 0.2) is 6.61 Å². The van der Waals surface area contributed by atoms with Crippen molar-refractivity contribution in [3.8, 4) is 16.9 Å². The molecule has 0 saturated heterocycles. The van der Waals surface area contributed by atoms with Crippen molar-refractivity contribution in [2.75, 3.05) is 11.9 Å². The fraction of sp³-hybridized carbons (Fsp3) is 0.130. The molecule has 0 aliphatic rings. The summed E-state index contributed by atoms with van der Waals surface area (Å²) in [5.41, 5.74) is 4.05. The number of nitrogens with one attached hydrogen (secondary N) is 1. The molecular weight excluding hydrogens is 390 g/mol. The highest BCUT2D eigenvalue weighted by molar-refractivity contribution is 6.31. The third-order valence-corrected chi connectivity index (χ3v) is 4.62. The molecule has 0 unspecified atom stereocenters. The van der Waals surface area contributed by atoms with Gasteiger partial charge in [-0.05, 0) is 54.8 Å². The van der Waals surface area contributed by atoms with Crippen LogP contribution in [0, 0.1) is 13.8 Å². The molecule has 0 bridgehead atoms. The molecule has 29 heavy (non-hydrogen) atoms. The molecule has 1 amide bonds. The fourth-order valence-corrected chi connectivity index (χ4v) is 3.16. The van der Waals surface area contributed by atoms with E-state index in [0.717, 1.165) is 11.1 Å². The van der Waals surface area contributed by atoms with Crippen molar-refractivity contribution in [1.82, 2.24) is 0 Å². The molecule has 6 heteroatoms. The van der Waals surface area contributed by atoms with Crippen molar-refractivity contribution in [2.24, 2.45) is 0 Å². The molecule has 5 nitrogen and oxygen atoms in total. The van der Waals surface area contributed by atoms with E-state index in [4.69, 9.17) is 16.3 Å². The summed E-state index contributed by atoms with van der Waals surface area (Å²) in [6, 6.07) is 18.5. The first kappa shape index (κ1) is 20.4. The highest BCUT2D eigenvalue weighted by Crippen LogP contribution is 2.26. The third-order valence-electron chi connectivity index (χ3n) is 4.40. The number of benzene rings is 3. The minimum absolute atomic E-state index is 0.0641. The van der Waals surface area contributed by atoms with Gasteiger partial charge < -0.3 is 15.2 Å². The summed E-state index contributed by atoms with van der Waals surface area (Å²) in [7, 11) is 0. The van der Waals surface area contributed by atoms with Crippen LogP contribution in [0.4, 0.5) is 5.69 Å². The summed E-state index contributed by atoms with van der Waals surface area (Å²) in [5, 5.41) is 12.2. The number of halogens is 1. The summed E-state index contributed by atoms with van der Waals surface area (Å²) in [4.78, 5) is 23.7. The first-order valence-corrected chi connectivity index (χ1v) is 9.34. The van der Waals surface area contributed by atoms with E-state index >= 15 is 0 Å². The maximum absolute atomic E-state index is 12.3. The second kappa shape index (κ2) is 8.80. The number of carboxylic acids is 1. The Morgan fingerprint density at radius 3 is 2.14 bits per heavy atom. The van der Waals surface area contributed by atoms with E-state index in [1.165, 1.54) is 11.6 Å². The van der Waals surface area contributed by atoms with E-state index < -0.39 is 11.9 Å². The minimum atomic E-state index is -1.17. The minimum Gasteiger partial charge on any atom is -0.484 e. The van der Waals surface area contributed by atoms with E-state index in [-0.39, 0.29) is 17.9 Å². The summed E-state index contributed by atoms with van der Waals surface area (Å²) in [5.74, 6) is -1.08. The van der Waals surface area contributed by atoms with Crippen LogP contribution >= 0.6 is 11.6 Å². The second-order valence-corrected chi connectivity index (χ2v) is 7.11. The monoisotopic (exact) mass is 409 g/mol. The van der Waals surface area contributed by atoms with Crippen LogP contribution < -0.4 is 10.1 Å². The number of aryl methyl sites for hydroxylation is 2. The van der Waals surface area contributed by atoms with Gasteiger partial charge in [-0.3, -0.25) is 4.79 Å². The molecule has 0 aromatic heterocycles. The van der Waals surface area contributed by atoms with Gasteiger partial charge >= 0.3 is 5.97 Å². The van der Waals surface area contributed by atoms with Gasteiger partial charge in [0.05, 0.1) is 11.3 Å². The molecule has 148 valence electrons. The zero-order valence-corrected chi connectivity index (χ0v) is 16.8. The quantitative estimate of drug-likeness (QED) is 0.576. The first-order chi connectivity index (χ1) is 13.8. The van der Waals surface area contributed by atoms with Crippen molar-refractivity contribution >= 4 is 29.2 Å². The Hall–Kier alpha value is -3.31. The Labute approximate surface area is 173 Å². The van der Waals surface area contributed by atoms with Crippen LogP contribution in [0.5, 0.6) is 5.75 Å².